The number of para-hydroxylation sites is 1. The Labute approximate surface area is 133 Å². The third-order valence-electron chi connectivity index (χ3n) is 3.33. The minimum absolute atomic E-state index is 0.0141. The molecule has 1 aromatic carbocycles. The zero-order valence-electron chi connectivity index (χ0n) is 13.0. The van der Waals surface area contributed by atoms with Gasteiger partial charge in [-0.3, -0.25) is 9.59 Å². The van der Waals surface area contributed by atoms with Crippen LogP contribution in [0.25, 0.3) is 0 Å². The van der Waals surface area contributed by atoms with Crippen LogP contribution in [0.5, 0.6) is 0 Å². The van der Waals surface area contributed by atoms with Crippen molar-refractivity contribution in [3.05, 3.63) is 59.7 Å². The largest absolute Gasteiger partial charge is 0.348 e. The van der Waals surface area contributed by atoms with Gasteiger partial charge in [0.25, 0.3) is 11.8 Å². The molecule has 2 aromatic rings. The van der Waals surface area contributed by atoms with Crippen molar-refractivity contribution < 1.29 is 14.0 Å². The number of halogens is 1. The first-order chi connectivity index (χ1) is 11.0. The van der Waals surface area contributed by atoms with Crippen LogP contribution in [-0.2, 0) is 0 Å². The van der Waals surface area contributed by atoms with Gasteiger partial charge < -0.3 is 10.6 Å². The molecule has 0 aliphatic carbocycles. The van der Waals surface area contributed by atoms with Crippen LogP contribution in [0.1, 0.15) is 41.2 Å². The summed E-state index contributed by atoms with van der Waals surface area (Å²) in [5.74, 6) is -1.46. The number of pyridine rings is 1. The maximum absolute atomic E-state index is 13.6. The number of carbonyl (C=O) groups is 2. The van der Waals surface area contributed by atoms with E-state index in [1.165, 1.54) is 30.3 Å². The molecule has 0 fully saturated rings. The Morgan fingerprint density at radius 2 is 1.74 bits per heavy atom. The van der Waals surface area contributed by atoms with E-state index in [0.717, 1.165) is 6.42 Å². The van der Waals surface area contributed by atoms with Gasteiger partial charge in [0.1, 0.15) is 17.2 Å². The zero-order valence-corrected chi connectivity index (χ0v) is 13.0. The van der Waals surface area contributed by atoms with Crippen molar-refractivity contribution in [3.8, 4) is 0 Å². The van der Waals surface area contributed by atoms with Crippen LogP contribution in [0.3, 0.4) is 0 Å². The van der Waals surface area contributed by atoms with Crippen LogP contribution in [0.4, 0.5) is 10.1 Å². The molecule has 2 rings (SSSR count). The second kappa shape index (κ2) is 7.49. The summed E-state index contributed by atoms with van der Waals surface area (Å²) in [6, 6.07) is 10.4. The SMILES string of the molecule is CCC(C)NC(=O)c1cccc(C(=O)Nc2ccccc2F)n1. The average molecular weight is 315 g/mol. The molecule has 0 saturated carbocycles. The highest BCUT2D eigenvalue weighted by molar-refractivity contribution is 6.03. The Balaban J connectivity index is 2.14. The molecule has 0 bridgehead atoms. The maximum atomic E-state index is 13.6. The molecule has 5 nitrogen and oxygen atoms in total. The Morgan fingerprint density at radius 1 is 1.09 bits per heavy atom. The van der Waals surface area contributed by atoms with Gasteiger partial charge in [0.2, 0.25) is 0 Å². The Morgan fingerprint density at radius 3 is 2.39 bits per heavy atom. The van der Waals surface area contributed by atoms with Crippen LogP contribution >= 0.6 is 0 Å². The number of hydrogen-bond acceptors (Lipinski definition) is 3. The minimum atomic E-state index is -0.576. The van der Waals surface area contributed by atoms with Crippen molar-refractivity contribution >= 4 is 17.5 Å². The van der Waals surface area contributed by atoms with E-state index in [-0.39, 0.29) is 29.0 Å². The van der Waals surface area contributed by atoms with Crippen LogP contribution in [0, 0.1) is 5.82 Å². The van der Waals surface area contributed by atoms with Crippen molar-refractivity contribution in [1.29, 1.82) is 0 Å². The summed E-state index contributed by atoms with van der Waals surface area (Å²) in [5, 5.41) is 5.21. The quantitative estimate of drug-likeness (QED) is 0.891. The fourth-order valence-electron chi connectivity index (χ4n) is 1.84. The topological polar surface area (TPSA) is 71.1 Å². The van der Waals surface area contributed by atoms with Gasteiger partial charge in [-0.1, -0.05) is 25.1 Å². The Kier molecular flexibility index (Phi) is 5.41. The average Bonchev–Trinajstić information content (AvgIpc) is 2.56. The lowest BCUT2D eigenvalue weighted by Gasteiger charge is -2.11. The van der Waals surface area contributed by atoms with Gasteiger partial charge in [0.05, 0.1) is 5.69 Å². The number of benzene rings is 1. The summed E-state index contributed by atoms with van der Waals surface area (Å²) in [4.78, 5) is 28.2. The van der Waals surface area contributed by atoms with Gasteiger partial charge in [0, 0.05) is 6.04 Å². The molecule has 1 atom stereocenters. The fraction of sp³-hybridized carbons (Fsp3) is 0.235. The highest BCUT2D eigenvalue weighted by Gasteiger charge is 2.14. The van der Waals surface area contributed by atoms with E-state index in [4.69, 9.17) is 0 Å². The van der Waals surface area contributed by atoms with Gasteiger partial charge in [-0.25, -0.2) is 9.37 Å². The second-order valence-corrected chi connectivity index (χ2v) is 5.12. The molecule has 1 unspecified atom stereocenters. The molecule has 0 spiro atoms. The van der Waals surface area contributed by atoms with Crippen molar-refractivity contribution in [2.45, 2.75) is 26.3 Å². The summed E-state index contributed by atoms with van der Waals surface area (Å²) in [6.07, 6.45) is 0.791. The van der Waals surface area contributed by atoms with Gasteiger partial charge in [0.15, 0.2) is 0 Å². The van der Waals surface area contributed by atoms with Gasteiger partial charge in [-0.05, 0) is 37.6 Å². The zero-order chi connectivity index (χ0) is 16.8. The van der Waals surface area contributed by atoms with E-state index in [9.17, 15) is 14.0 Å². The third kappa shape index (κ3) is 4.35. The number of carbonyl (C=O) groups excluding carboxylic acids is 2. The molecule has 120 valence electrons. The molecule has 0 saturated heterocycles. The minimum Gasteiger partial charge on any atom is -0.348 e. The lowest BCUT2D eigenvalue weighted by atomic mass is 10.2. The number of nitrogens with one attached hydrogen (secondary N) is 2. The Bertz CT molecular complexity index is 718. The van der Waals surface area contributed by atoms with Crippen molar-refractivity contribution in [1.82, 2.24) is 10.3 Å². The van der Waals surface area contributed by atoms with E-state index in [1.54, 1.807) is 12.1 Å². The molecule has 2 amide bonds. The summed E-state index contributed by atoms with van der Waals surface area (Å²) in [7, 11) is 0. The van der Waals surface area contributed by atoms with E-state index >= 15 is 0 Å². The number of anilines is 1. The highest BCUT2D eigenvalue weighted by Crippen LogP contribution is 2.13. The number of nitrogens with zero attached hydrogens (tertiary/aromatic N) is 1. The van der Waals surface area contributed by atoms with Gasteiger partial charge in [-0.2, -0.15) is 0 Å². The smallest absolute Gasteiger partial charge is 0.274 e. The second-order valence-electron chi connectivity index (χ2n) is 5.12. The van der Waals surface area contributed by atoms with E-state index in [2.05, 4.69) is 15.6 Å². The molecule has 0 aliphatic rings. The number of hydrogen-bond donors (Lipinski definition) is 2. The van der Waals surface area contributed by atoms with E-state index in [0.29, 0.717) is 0 Å². The Hall–Kier alpha value is -2.76. The predicted molar refractivity (Wildman–Crippen MR) is 85.8 cm³/mol. The summed E-state index contributed by atoms with van der Waals surface area (Å²) < 4.78 is 13.6. The molecule has 0 radical (unpaired) electrons. The summed E-state index contributed by atoms with van der Waals surface area (Å²) in [5.41, 5.74) is 0.255. The molecule has 23 heavy (non-hydrogen) atoms. The molecule has 2 N–H and O–H groups in total. The molecular weight excluding hydrogens is 297 g/mol. The van der Waals surface area contributed by atoms with Crippen molar-refractivity contribution in [3.63, 3.8) is 0 Å². The monoisotopic (exact) mass is 315 g/mol. The lowest BCUT2D eigenvalue weighted by molar-refractivity contribution is 0.0934. The molecule has 0 aliphatic heterocycles. The van der Waals surface area contributed by atoms with Gasteiger partial charge >= 0.3 is 0 Å². The molecule has 6 heteroatoms. The first kappa shape index (κ1) is 16.6. The van der Waals surface area contributed by atoms with Crippen LogP contribution in [0.15, 0.2) is 42.5 Å². The normalized spacial score (nSPS) is 11.6. The molecule has 1 aromatic heterocycles. The molecule has 1 heterocycles. The first-order valence-electron chi connectivity index (χ1n) is 7.35. The number of rotatable bonds is 5. The fourth-order valence-corrected chi connectivity index (χ4v) is 1.84. The summed E-state index contributed by atoms with van der Waals surface area (Å²) in [6.45, 7) is 3.84. The molecular formula is C17H18FN3O2. The summed E-state index contributed by atoms with van der Waals surface area (Å²) >= 11 is 0. The highest BCUT2D eigenvalue weighted by atomic mass is 19.1. The van der Waals surface area contributed by atoms with E-state index < -0.39 is 11.7 Å². The van der Waals surface area contributed by atoms with Crippen molar-refractivity contribution in [2.24, 2.45) is 0 Å². The first-order valence-corrected chi connectivity index (χ1v) is 7.35. The third-order valence-corrected chi connectivity index (χ3v) is 3.33. The van der Waals surface area contributed by atoms with Crippen LogP contribution < -0.4 is 10.6 Å². The van der Waals surface area contributed by atoms with E-state index in [1.807, 2.05) is 13.8 Å². The maximum Gasteiger partial charge on any atom is 0.274 e. The van der Waals surface area contributed by atoms with Crippen LogP contribution in [0.2, 0.25) is 0 Å². The standard InChI is InChI=1S/C17H18FN3O2/c1-3-11(2)19-16(22)14-9-6-10-15(20-14)17(23)21-13-8-5-4-7-12(13)18/h4-11H,3H2,1-2H3,(H,19,22)(H,21,23). The number of amides is 2. The van der Waals surface area contributed by atoms with Gasteiger partial charge in [-0.15, -0.1) is 0 Å². The lowest BCUT2D eigenvalue weighted by Crippen LogP contribution is -2.32. The number of aromatic nitrogens is 1. The predicted octanol–water partition coefficient (Wildman–Crippen LogP) is 3.00. The van der Waals surface area contributed by atoms with Crippen LogP contribution in [-0.4, -0.2) is 22.8 Å². The van der Waals surface area contributed by atoms with Crippen molar-refractivity contribution in [2.75, 3.05) is 5.32 Å².